The number of carbonyl (C=O) groups excluding carboxylic acids is 1. The van der Waals surface area contributed by atoms with Crippen molar-refractivity contribution in [1.29, 1.82) is 0 Å². The molecule has 0 saturated carbocycles. The van der Waals surface area contributed by atoms with Crippen molar-refractivity contribution in [2.75, 3.05) is 20.2 Å². The Kier molecular flexibility index (Phi) is 10.7. The van der Waals surface area contributed by atoms with Gasteiger partial charge in [0.05, 0.1) is 13.0 Å². The Bertz CT molecular complexity index is 227. The molecule has 0 bridgehead atoms. The molecule has 0 amide bonds. The van der Waals surface area contributed by atoms with Gasteiger partial charge in [0, 0.05) is 0 Å². The summed E-state index contributed by atoms with van der Waals surface area (Å²) in [7, 11) is 1.52. The van der Waals surface area contributed by atoms with Crippen LogP contribution in [0.2, 0.25) is 0 Å². The Hall–Kier alpha value is -0.570. The van der Waals surface area contributed by atoms with Crippen molar-refractivity contribution >= 4 is 5.97 Å². The number of ether oxygens (including phenoxy) is 1. The lowest BCUT2D eigenvalue weighted by Gasteiger charge is -2.15. The molecule has 1 fully saturated rings. The van der Waals surface area contributed by atoms with Gasteiger partial charge < -0.3 is 10.1 Å². The van der Waals surface area contributed by atoms with Gasteiger partial charge in [-0.1, -0.05) is 51.4 Å². The molecule has 1 aliphatic heterocycles. The van der Waals surface area contributed by atoms with Crippen LogP contribution in [0.5, 0.6) is 0 Å². The van der Waals surface area contributed by atoms with Gasteiger partial charge in [0.15, 0.2) is 0 Å². The van der Waals surface area contributed by atoms with Crippen LogP contribution in [-0.2, 0) is 9.53 Å². The predicted octanol–water partition coefficient (Wildman–Crippen LogP) is 4.06. The highest BCUT2D eigenvalue weighted by molar-refractivity contribution is 5.72. The summed E-state index contributed by atoms with van der Waals surface area (Å²) in [6.07, 6.45) is 14.9. The first-order valence-corrected chi connectivity index (χ1v) is 8.63. The van der Waals surface area contributed by atoms with Crippen molar-refractivity contribution in [2.45, 2.75) is 77.0 Å². The van der Waals surface area contributed by atoms with E-state index in [1.165, 1.54) is 64.9 Å². The highest BCUT2D eigenvalue weighted by Crippen LogP contribution is 2.19. The average Bonchev–Trinajstić information content (AvgIpc) is 2.46. The summed E-state index contributed by atoms with van der Waals surface area (Å²) in [4.78, 5) is 11.8. The van der Waals surface area contributed by atoms with E-state index in [9.17, 15) is 4.79 Å². The van der Waals surface area contributed by atoms with Gasteiger partial charge in [-0.3, -0.25) is 4.79 Å². The first-order chi connectivity index (χ1) is 9.84. The van der Waals surface area contributed by atoms with Gasteiger partial charge >= 0.3 is 5.97 Å². The maximum atomic E-state index is 11.8. The van der Waals surface area contributed by atoms with Crippen molar-refractivity contribution in [2.24, 2.45) is 5.92 Å². The molecule has 1 heterocycles. The third-order valence-corrected chi connectivity index (χ3v) is 4.35. The van der Waals surface area contributed by atoms with Crippen LogP contribution >= 0.6 is 0 Å². The Labute approximate surface area is 124 Å². The molecule has 0 radical (unpaired) electrons. The maximum Gasteiger partial charge on any atom is 0.308 e. The van der Waals surface area contributed by atoms with Crippen LogP contribution in [-0.4, -0.2) is 26.2 Å². The minimum Gasteiger partial charge on any atom is -0.469 e. The molecule has 0 spiro atoms. The normalized spacial score (nSPS) is 24.9. The minimum absolute atomic E-state index is 0.000856. The molecular formula is C17H33NO2. The van der Waals surface area contributed by atoms with Gasteiger partial charge in [-0.2, -0.15) is 0 Å². The van der Waals surface area contributed by atoms with Crippen molar-refractivity contribution < 1.29 is 9.53 Å². The summed E-state index contributed by atoms with van der Waals surface area (Å²) in [5.41, 5.74) is 0. The van der Waals surface area contributed by atoms with E-state index >= 15 is 0 Å². The number of methoxy groups -OCH3 is 1. The molecule has 3 heteroatoms. The number of hydrogen-bond donors (Lipinski definition) is 1. The maximum absolute atomic E-state index is 11.8. The van der Waals surface area contributed by atoms with Gasteiger partial charge in [0.25, 0.3) is 0 Å². The smallest absolute Gasteiger partial charge is 0.308 e. The van der Waals surface area contributed by atoms with Crippen LogP contribution in [0, 0.1) is 5.92 Å². The summed E-state index contributed by atoms with van der Waals surface area (Å²) < 4.78 is 4.94. The number of hydrogen-bond acceptors (Lipinski definition) is 3. The van der Waals surface area contributed by atoms with Crippen LogP contribution in [0.3, 0.4) is 0 Å². The molecule has 20 heavy (non-hydrogen) atoms. The fraction of sp³-hybridized carbons (Fsp3) is 0.941. The molecule has 1 rings (SSSR count). The van der Waals surface area contributed by atoms with Crippen LogP contribution in [0.15, 0.2) is 0 Å². The molecule has 0 aliphatic carbocycles. The predicted molar refractivity (Wildman–Crippen MR) is 83.8 cm³/mol. The molecule has 1 aliphatic rings. The molecule has 1 N–H and O–H groups in total. The first kappa shape index (κ1) is 17.5. The van der Waals surface area contributed by atoms with Crippen molar-refractivity contribution in [3.63, 3.8) is 0 Å². The Morgan fingerprint density at radius 3 is 1.85 bits per heavy atom. The average molecular weight is 283 g/mol. The Morgan fingerprint density at radius 2 is 1.25 bits per heavy atom. The minimum atomic E-state index is -0.000856. The third-order valence-electron chi connectivity index (χ3n) is 4.35. The van der Waals surface area contributed by atoms with Gasteiger partial charge in [-0.15, -0.1) is 0 Å². The molecule has 0 aromatic heterocycles. The number of carbonyl (C=O) groups is 1. The zero-order chi connectivity index (χ0) is 14.5. The fourth-order valence-corrected chi connectivity index (χ4v) is 3.01. The lowest BCUT2D eigenvalue weighted by atomic mass is 9.94. The zero-order valence-corrected chi connectivity index (χ0v) is 13.3. The lowest BCUT2D eigenvalue weighted by molar-refractivity contribution is -0.146. The van der Waals surface area contributed by atoms with E-state index < -0.39 is 0 Å². The summed E-state index contributed by atoms with van der Waals surface area (Å²) in [6, 6.07) is 0. The second-order valence-corrected chi connectivity index (χ2v) is 6.08. The summed E-state index contributed by atoms with van der Waals surface area (Å²) >= 11 is 0. The number of nitrogens with one attached hydrogen (secondary N) is 1. The molecule has 118 valence electrons. The summed E-state index contributed by atoms with van der Waals surface area (Å²) in [5.74, 6) is 0.131. The topological polar surface area (TPSA) is 38.3 Å². The molecule has 1 unspecified atom stereocenters. The summed E-state index contributed by atoms with van der Waals surface area (Å²) in [6.45, 7) is 2.24. The van der Waals surface area contributed by atoms with E-state index in [0.29, 0.717) is 0 Å². The Morgan fingerprint density at radius 1 is 0.800 bits per heavy atom. The quantitative estimate of drug-likeness (QED) is 0.738. The van der Waals surface area contributed by atoms with Crippen molar-refractivity contribution in [3.8, 4) is 0 Å². The molecule has 0 aromatic rings. The largest absolute Gasteiger partial charge is 0.469 e. The van der Waals surface area contributed by atoms with Crippen molar-refractivity contribution in [3.05, 3.63) is 0 Å². The number of esters is 1. The first-order valence-electron chi connectivity index (χ1n) is 8.63. The molecule has 0 aromatic carbocycles. The van der Waals surface area contributed by atoms with E-state index in [1.54, 1.807) is 0 Å². The second kappa shape index (κ2) is 12.2. The van der Waals surface area contributed by atoms with Crippen molar-refractivity contribution in [1.82, 2.24) is 5.32 Å². The highest BCUT2D eigenvalue weighted by Gasteiger charge is 2.18. The van der Waals surface area contributed by atoms with Crippen LogP contribution < -0.4 is 5.32 Å². The van der Waals surface area contributed by atoms with Gasteiger partial charge in [0.2, 0.25) is 0 Å². The van der Waals surface area contributed by atoms with Crippen LogP contribution in [0.1, 0.15) is 77.0 Å². The van der Waals surface area contributed by atoms with Crippen LogP contribution in [0.25, 0.3) is 0 Å². The fourth-order valence-electron chi connectivity index (χ4n) is 3.01. The van der Waals surface area contributed by atoms with E-state index in [0.717, 1.165) is 32.4 Å². The second-order valence-electron chi connectivity index (χ2n) is 6.08. The molecule has 1 saturated heterocycles. The number of rotatable bonds is 1. The SMILES string of the molecule is COC(=O)C1CCCCCCCCCCNCCCC1. The van der Waals surface area contributed by atoms with Gasteiger partial charge in [-0.25, -0.2) is 0 Å². The van der Waals surface area contributed by atoms with Gasteiger partial charge in [-0.05, 0) is 38.8 Å². The van der Waals surface area contributed by atoms with E-state index in [1.807, 2.05) is 0 Å². The van der Waals surface area contributed by atoms with E-state index in [2.05, 4.69) is 5.32 Å². The Balaban J connectivity index is 2.29. The van der Waals surface area contributed by atoms with E-state index in [4.69, 9.17) is 4.74 Å². The van der Waals surface area contributed by atoms with Crippen LogP contribution in [0.4, 0.5) is 0 Å². The molecule has 1 atom stereocenters. The summed E-state index contributed by atoms with van der Waals surface area (Å²) in [5, 5.41) is 3.51. The lowest BCUT2D eigenvalue weighted by Crippen LogP contribution is -2.19. The molecule has 3 nitrogen and oxygen atoms in total. The third kappa shape index (κ3) is 8.57. The van der Waals surface area contributed by atoms with E-state index in [-0.39, 0.29) is 11.9 Å². The standard InChI is InChI=1S/C17H33NO2/c1-20-17(19)16-12-8-6-4-2-3-5-7-10-14-18-15-11-9-13-16/h16,18H,2-15H2,1H3. The molecular weight excluding hydrogens is 250 g/mol. The zero-order valence-electron chi connectivity index (χ0n) is 13.3. The highest BCUT2D eigenvalue weighted by atomic mass is 16.5. The van der Waals surface area contributed by atoms with Gasteiger partial charge in [0.1, 0.15) is 0 Å². The monoisotopic (exact) mass is 283 g/mol.